The second kappa shape index (κ2) is 4.63. The highest BCUT2D eigenvalue weighted by Gasteiger charge is 2.41. The number of rotatable bonds is 1. The predicted molar refractivity (Wildman–Crippen MR) is 46.2 cm³/mol. The summed E-state index contributed by atoms with van der Waals surface area (Å²) in [6.07, 6.45) is -5.51. The van der Waals surface area contributed by atoms with E-state index < -0.39 is 45.4 Å². The number of amides is 1. The van der Waals surface area contributed by atoms with Crippen molar-refractivity contribution in [2.45, 2.75) is 6.18 Å². The predicted octanol–water partition coefficient (Wildman–Crippen LogP) is 4.17. The van der Waals surface area contributed by atoms with Crippen molar-refractivity contribution < 1.29 is 35.6 Å². The molecule has 0 saturated carbocycles. The molecule has 1 rings (SSSR count). The van der Waals surface area contributed by atoms with Crippen molar-refractivity contribution >= 4 is 22.7 Å². The highest BCUT2D eigenvalue weighted by Crippen LogP contribution is 2.37. The molecule has 1 aromatic carbocycles. The number of carbonyl (C=O) groups excluding carboxylic acids is 1. The Morgan fingerprint density at radius 3 is 2.06 bits per heavy atom. The molecule has 18 heavy (non-hydrogen) atoms. The highest BCUT2D eigenvalue weighted by molar-refractivity contribution is 6.65. The van der Waals surface area contributed by atoms with Crippen molar-refractivity contribution in [1.82, 2.24) is 0 Å². The lowest BCUT2D eigenvalue weighted by Gasteiger charge is -2.14. The van der Waals surface area contributed by atoms with E-state index in [4.69, 9.17) is 0 Å². The summed E-state index contributed by atoms with van der Waals surface area (Å²) in [6.45, 7) is 0. The van der Waals surface area contributed by atoms with Gasteiger partial charge in [0.2, 0.25) is 0 Å². The number of hydrogen-bond acceptors (Lipinski definition) is 1. The molecule has 100 valence electrons. The van der Waals surface area contributed by atoms with Crippen LogP contribution in [0.2, 0.25) is 0 Å². The summed E-state index contributed by atoms with van der Waals surface area (Å²) < 4.78 is 88.2. The van der Waals surface area contributed by atoms with Crippen molar-refractivity contribution in [2.75, 3.05) is 5.12 Å². The zero-order valence-corrected chi connectivity index (χ0v) is 8.71. The van der Waals surface area contributed by atoms with Gasteiger partial charge in [-0.1, -0.05) is 4.48 Å². The Hall–Kier alpha value is -1.51. The molecule has 0 aliphatic rings. The quantitative estimate of drug-likeness (QED) is 0.250. The maximum absolute atomic E-state index is 13.0. The Morgan fingerprint density at radius 1 is 1.17 bits per heavy atom. The monoisotopic (exact) mass is 295 g/mol. The van der Waals surface area contributed by atoms with Crippen LogP contribution in [0.15, 0.2) is 6.07 Å². The smallest absolute Gasteiger partial charge is 0.252 e. The van der Waals surface area contributed by atoms with Crippen molar-refractivity contribution in [1.29, 1.82) is 0 Å². The molecule has 0 fully saturated rings. The van der Waals surface area contributed by atoms with Gasteiger partial charge in [0.05, 0.1) is 0 Å². The fraction of sp³-hybridized carbons (Fsp3) is 0.125. The van der Waals surface area contributed by atoms with Gasteiger partial charge in [-0.05, 0) is 11.6 Å². The molecule has 0 heterocycles. The van der Waals surface area contributed by atoms with Crippen LogP contribution in [0, 0.1) is 17.5 Å². The number of halogens is 8. The Morgan fingerprint density at radius 2 is 1.67 bits per heavy atom. The number of benzene rings is 1. The van der Waals surface area contributed by atoms with Crippen LogP contribution < -0.4 is 5.12 Å². The van der Waals surface area contributed by atoms with Crippen LogP contribution in [0.3, 0.4) is 0 Å². The zero-order chi connectivity index (χ0) is 14.2. The normalized spacial score (nSPS) is 11.6. The molecule has 0 aliphatic heterocycles. The Balaban J connectivity index is 3.52. The van der Waals surface area contributed by atoms with Gasteiger partial charge in [0.1, 0.15) is 17.1 Å². The third-order valence-electron chi connectivity index (χ3n) is 1.79. The first-order valence-electron chi connectivity index (χ1n) is 3.97. The van der Waals surface area contributed by atoms with Crippen LogP contribution in [-0.4, -0.2) is 5.37 Å². The molecule has 0 aliphatic carbocycles. The van der Waals surface area contributed by atoms with E-state index in [2.05, 4.69) is 11.6 Å². The maximum Gasteiger partial charge on any atom is 0.422 e. The summed E-state index contributed by atoms with van der Waals surface area (Å²) in [5, 5.41) is -3.21. The van der Waals surface area contributed by atoms with Crippen LogP contribution in [0.4, 0.5) is 41.3 Å². The summed E-state index contributed by atoms with van der Waals surface area (Å²) in [4.78, 5) is 10.3. The summed E-state index contributed by atoms with van der Waals surface area (Å²) in [5.41, 5.74) is -4.22. The Labute approximate surface area is 99.5 Å². The van der Waals surface area contributed by atoms with Gasteiger partial charge >= 0.3 is 11.5 Å². The van der Waals surface area contributed by atoms with Gasteiger partial charge in [0, 0.05) is 6.07 Å². The Bertz CT molecular complexity index is 501. The number of nitrogens with zero attached hydrogens (tertiary/aromatic N) is 1. The van der Waals surface area contributed by atoms with E-state index in [0.29, 0.717) is 0 Å². The molecular weight excluding hydrogens is 295 g/mol. The third kappa shape index (κ3) is 2.50. The van der Waals surface area contributed by atoms with Gasteiger partial charge in [0.25, 0.3) is 0 Å². The number of carbonyl (C=O) groups is 1. The molecule has 0 bridgehead atoms. The molecule has 0 N–H and O–H groups in total. The summed E-state index contributed by atoms with van der Waals surface area (Å²) >= 11 is 4.55. The fourth-order valence-electron chi connectivity index (χ4n) is 1.08. The molecule has 0 saturated heterocycles. The van der Waals surface area contributed by atoms with E-state index in [9.17, 15) is 35.6 Å². The maximum atomic E-state index is 13.0. The van der Waals surface area contributed by atoms with E-state index in [1.807, 2.05) is 0 Å². The van der Waals surface area contributed by atoms with Gasteiger partial charge in [-0.25, -0.2) is 13.2 Å². The molecule has 0 radical (unpaired) electrons. The standard InChI is InChI=1S/C8HClF7NO/c9-7(18)17(16)3-1-2(10)4(8(13,14)15)6(12)5(3)11/h1H. The summed E-state index contributed by atoms with van der Waals surface area (Å²) in [7, 11) is 0. The third-order valence-corrected chi connectivity index (χ3v) is 1.94. The minimum Gasteiger partial charge on any atom is -0.252 e. The van der Waals surface area contributed by atoms with Gasteiger partial charge in [-0.2, -0.15) is 13.2 Å². The van der Waals surface area contributed by atoms with Gasteiger partial charge in [0.15, 0.2) is 11.6 Å². The summed E-state index contributed by atoms with van der Waals surface area (Å²) in [6, 6.07) is -0.332. The van der Waals surface area contributed by atoms with Crippen LogP contribution in [0.25, 0.3) is 0 Å². The van der Waals surface area contributed by atoms with E-state index in [0.717, 1.165) is 0 Å². The minimum atomic E-state index is -5.51. The molecule has 0 atom stereocenters. The average molecular weight is 296 g/mol. The van der Waals surface area contributed by atoms with Crippen LogP contribution >= 0.6 is 11.6 Å². The highest BCUT2D eigenvalue weighted by atomic mass is 35.5. The average Bonchev–Trinajstić information content (AvgIpc) is 2.20. The van der Waals surface area contributed by atoms with Crippen LogP contribution in [0.1, 0.15) is 5.56 Å². The summed E-state index contributed by atoms with van der Waals surface area (Å²) in [5.74, 6) is -7.34. The van der Waals surface area contributed by atoms with E-state index in [1.54, 1.807) is 0 Å². The van der Waals surface area contributed by atoms with Gasteiger partial charge < -0.3 is 0 Å². The van der Waals surface area contributed by atoms with Crippen molar-refractivity contribution in [3.8, 4) is 0 Å². The molecular formula is C8HClF7NO. The first-order valence-corrected chi connectivity index (χ1v) is 4.35. The molecule has 1 aromatic rings. The SMILES string of the molecule is O=C(Cl)N(F)c1cc(F)c(C(F)(F)F)c(F)c1F. The molecule has 2 nitrogen and oxygen atoms in total. The molecule has 0 aromatic heterocycles. The minimum absolute atomic E-state index is 0.332. The molecule has 0 unspecified atom stereocenters. The number of alkyl halides is 3. The van der Waals surface area contributed by atoms with E-state index in [-0.39, 0.29) is 6.07 Å². The number of hydrogen-bond donors (Lipinski definition) is 0. The largest absolute Gasteiger partial charge is 0.422 e. The van der Waals surface area contributed by atoms with Gasteiger partial charge in [-0.15, -0.1) is 5.12 Å². The molecule has 0 spiro atoms. The second-order valence-electron chi connectivity index (χ2n) is 2.91. The van der Waals surface area contributed by atoms with Crippen molar-refractivity contribution in [3.63, 3.8) is 0 Å². The first kappa shape index (κ1) is 14.6. The second-order valence-corrected chi connectivity index (χ2v) is 3.24. The van der Waals surface area contributed by atoms with Crippen molar-refractivity contribution in [3.05, 3.63) is 29.1 Å². The topological polar surface area (TPSA) is 20.3 Å². The lowest BCUT2D eigenvalue weighted by Crippen LogP contribution is -2.20. The van der Waals surface area contributed by atoms with Gasteiger partial charge in [-0.3, -0.25) is 4.79 Å². The van der Waals surface area contributed by atoms with E-state index in [1.165, 1.54) is 0 Å². The zero-order valence-electron chi connectivity index (χ0n) is 7.96. The molecule has 1 amide bonds. The van der Waals surface area contributed by atoms with Crippen molar-refractivity contribution in [2.24, 2.45) is 0 Å². The number of anilines is 1. The molecule has 10 heteroatoms. The van der Waals surface area contributed by atoms with Crippen LogP contribution in [-0.2, 0) is 6.18 Å². The lowest BCUT2D eigenvalue weighted by atomic mass is 10.1. The Kier molecular flexibility index (Phi) is 3.75. The lowest BCUT2D eigenvalue weighted by molar-refractivity contribution is -0.142. The first-order chi connectivity index (χ1) is 8.07. The van der Waals surface area contributed by atoms with E-state index >= 15 is 0 Å². The van der Waals surface area contributed by atoms with Crippen LogP contribution in [0.5, 0.6) is 0 Å². The fourth-order valence-corrected chi connectivity index (χ4v) is 1.17.